The van der Waals surface area contributed by atoms with Crippen molar-refractivity contribution in [2.45, 2.75) is 25.9 Å². The van der Waals surface area contributed by atoms with Crippen LogP contribution in [0.15, 0.2) is 54.6 Å². The zero-order valence-electron chi connectivity index (χ0n) is 11.3. The third kappa shape index (κ3) is 4.42. The van der Waals surface area contributed by atoms with E-state index in [-0.39, 0.29) is 6.10 Å². The number of aliphatic hydroxyl groups excluding tert-OH is 1. The summed E-state index contributed by atoms with van der Waals surface area (Å²) in [6.07, 6.45) is 1.41. The first kappa shape index (κ1) is 13.6. The molecule has 2 nitrogen and oxygen atoms in total. The molecule has 0 heterocycles. The molecule has 19 heavy (non-hydrogen) atoms. The van der Waals surface area contributed by atoms with E-state index < -0.39 is 0 Å². The Morgan fingerprint density at radius 2 is 1.58 bits per heavy atom. The molecule has 2 aromatic carbocycles. The quantitative estimate of drug-likeness (QED) is 0.794. The molecule has 2 heteroatoms. The Kier molecular flexibility index (Phi) is 4.99. The summed E-state index contributed by atoms with van der Waals surface area (Å²) in [6.45, 7) is 2.45. The highest BCUT2D eigenvalue weighted by atomic mass is 16.5. The molecule has 0 bridgehead atoms. The van der Waals surface area contributed by atoms with Crippen LogP contribution in [0.25, 0.3) is 11.1 Å². The van der Waals surface area contributed by atoms with Crippen LogP contribution in [-0.2, 0) is 0 Å². The maximum absolute atomic E-state index is 9.16. The molecular weight excluding hydrogens is 236 g/mol. The fourth-order valence-electron chi connectivity index (χ4n) is 1.94. The summed E-state index contributed by atoms with van der Waals surface area (Å²) in [6, 6.07) is 18.4. The summed E-state index contributed by atoms with van der Waals surface area (Å²) >= 11 is 0. The van der Waals surface area contributed by atoms with Crippen LogP contribution in [0.1, 0.15) is 19.8 Å². The first-order valence-electron chi connectivity index (χ1n) is 6.72. The lowest BCUT2D eigenvalue weighted by molar-refractivity contribution is 0.170. The summed E-state index contributed by atoms with van der Waals surface area (Å²) in [4.78, 5) is 0. The van der Waals surface area contributed by atoms with Crippen molar-refractivity contribution in [2.75, 3.05) is 6.61 Å². The van der Waals surface area contributed by atoms with Crippen molar-refractivity contribution in [3.63, 3.8) is 0 Å². The van der Waals surface area contributed by atoms with E-state index in [0.717, 1.165) is 18.6 Å². The highest BCUT2D eigenvalue weighted by molar-refractivity contribution is 5.63. The van der Waals surface area contributed by atoms with Crippen molar-refractivity contribution >= 4 is 0 Å². The van der Waals surface area contributed by atoms with Crippen molar-refractivity contribution in [1.29, 1.82) is 0 Å². The molecule has 0 aliphatic carbocycles. The van der Waals surface area contributed by atoms with Gasteiger partial charge in [-0.1, -0.05) is 42.5 Å². The van der Waals surface area contributed by atoms with Gasteiger partial charge < -0.3 is 9.84 Å². The van der Waals surface area contributed by atoms with E-state index in [0.29, 0.717) is 6.61 Å². The van der Waals surface area contributed by atoms with Crippen molar-refractivity contribution in [2.24, 2.45) is 0 Å². The number of benzene rings is 2. The Morgan fingerprint density at radius 1 is 0.947 bits per heavy atom. The molecular formula is C17H20O2. The van der Waals surface area contributed by atoms with E-state index in [9.17, 15) is 0 Å². The average molecular weight is 256 g/mol. The Morgan fingerprint density at radius 3 is 2.21 bits per heavy atom. The molecule has 0 saturated heterocycles. The lowest BCUT2D eigenvalue weighted by atomic mass is 10.1. The van der Waals surface area contributed by atoms with Gasteiger partial charge in [-0.3, -0.25) is 0 Å². The van der Waals surface area contributed by atoms with Crippen LogP contribution >= 0.6 is 0 Å². The summed E-state index contributed by atoms with van der Waals surface area (Å²) in [5.41, 5.74) is 2.40. The second-order valence-corrected chi connectivity index (χ2v) is 4.73. The number of hydrogen-bond acceptors (Lipinski definition) is 2. The molecule has 0 saturated carbocycles. The molecule has 0 aliphatic rings. The van der Waals surface area contributed by atoms with Gasteiger partial charge in [0, 0.05) is 0 Å². The molecule has 2 rings (SSSR count). The summed E-state index contributed by atoms with van der Waals surface area (Å²) in [5, 5.41) is 9.16. The van der Waals surface area contributed by atoms with Gasteiger partial charge in [0.2, 0.25) is 0 Å². The number of rotatable bonds is 6. The fourth-order valence-corrected chi connectivity index (χ4v) is 1.94. The Balaban J connectivity index is 1.88. The first-order valence-corrected chi connectivity index (χ1v) is 6.72. The second kappa shape index (κ2) is 6.95. The zero-order valence-corrected chi connectivity index (χ0v) is 11.3. The van der Waals surface area contributed by atoms with Crippen molar-refractivity contribution < 1.29 is 9.84 Å². The molecule has 1 N–H and O–H groups in total. The van der Waals surface area contributed by atoms with Crippen LogP contribution in [0.4, 0.5) is 0 Å². The van der Waals surface area contributed by atoms with E-state index in [1.165, 1.54) is 11.1 Å². The third-order valence-corrected chi connectivity index (χ3v) is 3.00. The fraction of sp³-hybridized carbons (Fsp3) is 0.294. The minimum Gasteiger partial charge on any atom is -0.494 e. The molecule has 0 aromatic heterocycles. The summed E-state index contributed by atoms with van der Waals surface area (Å²) in [5.74, 6) is 0.880. The average Bonchev–Trinajstić information content (AvgIpc) is 2.45. The van der Waals surface area contributed by atoms with E-state index in [2.05, 4.69) is 24.3 Å². The van der Waals surface area contributed by atoms with Crippen LogP contribution in [0.3, 0.4) is 0 Å². The standard InChI is InChI=1S/C17H20O2/c1-14(18)6-5-13-19-17-11-9-16(10-12-17)15-7-3-2-4-8-15/h2-4,7-12,14,18H,5-6,13H2,1H3. The van der Waals surface area contributed by atoms with Crippen molar-refractivity contribution in [1.82, 2.24) is 0 Å². The van der Waals surface area contributed by atoms with Crippen LogP contribution in [0.5, 0.6) is 5.75 Å². The van der Waals surface area contributed by atoms with E-state index in [4.69, 9.17) is 9.84 Å². The molecule has 0 aliphatic heterocycles. The maximum Gasteiger partial charge on any atom is 0.119 e. The summed E-state index contributed by atoms with van der Waals surface area (Å²) in [7, 11) is 0. The molecule has 0 fully saturated rings. The molecule has 1 unspecified atom stereocenters. The van der Waals surface area contributed by atoms with Crippen LogP contribution in [-0.4, -0.2) is 17.8 Å². The van der Waals surface area contributed by atoms with Gasteiger partial charge in [0.05, 0.1) is 12.7 Å². The van der Waals surface area contributed by atoms with Gasteiger partial charge in [-0.05, 0) is 43.0 Å². The number of hydrogen-bond donors (Lipinski definition) is 1. The van der Waals surface area contributed by atoms with E-state index in [1.54, 1.807) is 6.92 Å². The molecule has 100 valence electrons. The van der Waals surface area contributed by atoms with Crippen molar-refractivity contribution in [3.8, 4) is 16.9 Å². The molecule has 0 radical (unpaired) electrons. The SMILES string of the molecule is CC(O)CCCOc1ccc(-c2ccccc2)cc1. The van der Waals surface area contributed by atoms with E-state index in [1.807, 2.05) is 30.3 Å². The van der Waals surface area contributed by atoms with Gasteiger partial charge in [-0.2, -0.15) is 0 Å². The topological polar surface area (TPSA) is 29.5 Å². The molecule has 2 aromatic rings. The Labute approximate surface area is 114 Å². The first-order chi connectivity index (χ1) is 9.25. The van der Waals surface area contributed by atoms with Crippen LogP contribution < -0.4 is 4.74 Å². The monoisotopic (exact) mass is 256 g/mol. The lowest BCUT2D eigenvalue weighted by Gasteiger charge is -2.08. The van der Waals surface area contributed by atoms with Gasteiger partial charge in [0.15, 0.2) is 0 Å². The number of ether oxygens (including phenoxy) is 1. The van der Waals surface area contributed by atoms with Gasteiger partial charge >= 0.3 is 0 Å². The highest BCUT2D eigenvalue weighted by Gasteiger charge is 1.99. The molecule has 0 amide bonds. The molecule has 1 atom stereocenters. The Bertz CT molecular complexity index is 474. The maximum atomic E-state index is 9.16. The lowest BCUT2D eigenvalue weighted by Crippen LogP contribution is -2.04. The predicted octanol–water partition coefficient (Wildman–Crippen LogP) is 3.89. The molecule has 0 spiro atoms. The van der Waals surface area contributed by atoms with Gasteiger partial charge in [0.1, 0.15) is 5.75 Å². The van der Waals surface area contributed by atoms with Gasteiger partial charge in [-0.15, -0.1) is 0 Å². The van der Waals surface area contributed by atoms with Crippen molar-refractivity contribution in [3.05, 3.63) is 54.6 Å². The van der Waals surface area contributed by atoms with Crippen LogP contribution in [0, 0.1) is 0 Å². The number of aliphatic hydroxyl groups is 1. The third-order valence-electron chi connectivity index (χ3n) is 3.00. The largest absolute Gasteiger partial charge is 0.494 e. The zero-order chi connectivity index (χ0) is 13.5. The normalized spacial score (nSPS) is 12.1. The smallest absolute Gasteiger partial charge is 0.119 e. The predicted molar refractivity (Wildman–Crippen MR) is 78.3 cm³/mol. The van der Waals surface area contributed by atoms with Crippen LogP contribution in [0.2, 0.25) is 0 Å². The minimum atomic E-state index is -0.246. The minimum absolute atomic E-state index is 0.246. The summed E-state index contributed by atoms with van der Waals surface area (Å²) < 4.78 is 5.64. The van der Waals surface area contributed by atoms with Gasteiger partial charge in [-0.25, -0.2) is 0 Å². The van der Waals surface area contributed by atoms with E-state index >= 15 is 0 Å². The Hall–Kier alpha value is -1.80. The second-order valence-electron chi connectivity index (χ2n) is 4.73. The van der Waals surface area contributed by atoms with Gasteiger partial charge in [0.25, 0.3) is 0 Å². The highest BCUT2D eigenvalue weighted by Crippen LogP contribution is 2.22.